The van der Waals surface area contributed by atoms with E-state index in [0.717, 1.165) is 13.1 Å². The first-order chi connectivity index (χ1) is 10.3. The summed E-state index contributed by atoms with van der Waals surface area (Å²) in [5, 5.41) is 9.50. The van der Waals surface area contributed by atoms with Crippen molar-refractivity contribution in [3.8, 4) is 11.4 Å². The Bertz CT molecular complexity index is 692. The summed E-state index contributed by atoms with van der Waals surface area (Å²) >= 11 is 0. The lowest BCUT2D eigenvalue weighted by Gasteiger charge is -2.27. The Kier molecular flexibility index (Phi) is 3.74. The number of H-pyrrole nitrogens is 1. The predicted octanol–water partition coefficient (Wildman–Crippen LogP) is -0.123. The normalized spacial score (nSPS) is 15.0. The van der Waals surface area contributed by atoms with Crippen LogP contribution in [0.3, 0.4) is 0 Å². The number of piperazine rings is 1. The molecule has 7 heteroatoms. The van der Waals surface area contributed by atoms with E-state index >= 15 is 0 Å². The standard InChI is InChI=1S/C14H15N5O2/c20-13-10(14(21)19-7-5-15-6-8-19)9-12(17-18-13)11-3-1-2-4-16-11/h1-4,9,15H,5-8H2,(H,18,20). The van der Waals surface area contributed by atoms with Crippen molar-refractivity contribution in [3.05, 3.63) is 46.4 Å². The van der Waals surface area contributed by atoms with E-state index in [2.05, 4.69) is 20.5 Å². The highest BCUT2D eigenvalue weighted by atomic mass is 16.2. The van der Waals surface area contributed by atoms with Gasteiger partial charge in [-0.25, -0.2) is 5.10 Å². The molecule has 1 aliphatic rings. The molecule has 2 aromatic rings. The summed E-state index contributed by atoms with van der Waals surface area (Å²) in [5.74, 6) is -0.266. The Balaban J connectivity index is 1.95. The quantitative estimate of drug-likeness (QED) is 0.802. The molecular formula is C14H15N5O2. The van der Waals surface area contributed by atoms with Crippen LogP contribution in [0.1, 0.15) is 10.4 Å². The van der Waals surface area contributed by atoms with Gasteiger partial charge in [-0.15, -0.1) is 0 Å². The molecule has 1 aliphatic heterocycles. The fraction of sp³-hybridized carbons (Fsp3) is 0.286. The molecule has 0 saturated carbocycles. The zero-order chi connectivity index (χ0) is 14.7. The smallest absolute Gasteiger partial charge is 0.277 e. The number of hydrogen-bond donors (Lipinski definition) is 2. The number of aromatic nitrogens is 3. The highest BCUT2D eigenvalue weighted by Crippen LogP contribution is 2.13. The van der Waals surface area contributed by atoms with Crippen molar-refractivity contribution in [3.63, 3.8) is 0 Å². The van der Waals surface area contributed by atoms with E-state index in [1.807, 2.05) is 6.07 Å². The minimum atomic E-state index is -0.474. The Morgan fingerprint density at radius 3 is 2.71 bits per heavy atom. The zero-order valence-electron chi connectivity index (χ0n) is 11.4. The van der Waals surface area contributed by atoms with Crippen molar-refractivity contribution in [2.24, 2.45) is 0 Å². The molecule has 108 valence electrons. The Morgan fingerprint density at radius 1 is 1.19 bits per heavy atom. The molecule has 0 unspecified atom stereocenters. The van der Waals surface area contributed by atoms with Crippen molar-refractivity contribution >= 4 is 5.91 Å². The van der Waals surface area contributed by atoms with Crippen LogP contribution in [-0.2, 0) is 0 Å². The fourth-order valence-electron chi connectivity index (χ4n) is 2.25. The molecule has 0 bridgehead atoms. The third-order valence-electron chi connectivity index (χ3n) is 3.37. The van der Waals surface area contributed by atoms with Gasteiger partial charge in [0.25, 0.3) is 11.5 Å². The van der Waals surface area contributed by atoms with Crippen molar-refractivity contribution in [1.82, 2.24) is 25.4 Å². The van der Waals surface area contributed by atoms with Crippen LogP contribution in [0.25, 0.3) is 11.4 Å². The number of rotatable bonds is 2. The molecule has 0 atom stereocenters. The van der Waals surface area contributed by atoms with Gasteiger partial charge in [-0.2, -0.15) is 5.10 Å². The van der Waals surface area contributed by atoms with E-state index in [0.29, 0.717) is 24.5 Å². The number of carbonyl (C=O) groups is 1. The van der Waals surface area contributed by atoms with E-state index in [9.17, 15) is 9.59 Å². The van der Waals surface area contributed by atoms with Gasteiger partial charge in [0.2, 0.25) is 0 Å². The maximum atomic E-state index is 12.4. The highest BCUT2D eigenvalue weighted by Gasteiger charge is 2.21. The van der Waals surface area contributed by atoms with Gasteiger partial charge >= 0.3 is 0 Å². The molecule has 0 aliphatic carbocycles. The van der Waals surface area contributed by atoms with Crippen LogP contribution in [0.2, 0.25) is 0 Å². The predicted molar refractivity (Wildman–Crippen MR) is 76.9 cm³/mol. The number of carbonyl (C=O) groups excluding carboxylic acids is 1. The summed E-state index contributed by atoms with van der Waals surface area (Å²) in [6, 6.07) is 6.90. The number of nitrogens with one attached hydrogen (secondary N) is 2. The highest BCUT2D eigenvalue weighted by molar-refractivity contribution is 5.94. The van der Waals surface area contributed by atoms with Gasteiger partial charge in [0.15, 0.2) is 0 Å². The van der Waals surface area contributed by atoms with Gasteiger partial charge in [-0.05, 0) is 18.2 Å². The van der Waals surface area contributed by atoms with Crippen LogP contribution in [0.15, 0.2) is 35.3 Å². The average molecular weight is 285 g/mol. The molecule has 7 nitrogen and oxygen atoms in total. The number of hydrogen-bond acceptors (Lipinski definition) is 5. The summed E-state index contributed by atoms with van der Waals surface area (Å²) in [5.41, 5.74) is 0.725. The SMILES string of the molecule is O=C(c1cc(-c2ccccn2)n[nH]c1=O)N1CCNCC1. The van der Waals surface area contributed by atoms with E-state index in [4.69, 9.17) is 0 Å². The van der Waals surface area contributed by atoms with Crippen molar-refractivity contribution in [2.45, 2.75) is 0 Å². The second-order valence-electron chi connectivity index (χ2n) is 4.75. The molecule has 0 radical (unpaired) electrons. The van der Waals surface area contributed by atoms with Crippen molar-refractivity contribution in [2.75, 3.05) is 26.2 Å². The second kappa shape index (κ2) is 5.84. The summed E-state index contributed by atoms with van der Waals surface area (Å²) in [6.07, 6.45) is 1.64. The largest absolute Gasteiger partial charge is 0.336 e. The zero-order valence-corrected chi connectivity index (χ0v) is 11.4. The second-order valence-corrected chi connectivity index (χ2v) is 4.75. The average Bonchev–Trinajstić information content (AvgIpc) is 2.56. The van der Waals surface area contributed by atoms with Gasteiger partial charge in [0.1, 0.15) is 11.3 Å². The molecule has 2 N–H and O–H groups in total. The molecule has 3 heterocycles. The lowest BCUT2D eigenvalue weighted by molar-refractivity contribution is 0.0734. The van der Waals surface area contributed by atoms with Crippen LogP contribution in [0.5, 0.6) is 0 Å². The molecule has 2 aromatic heterocycles. The minimum absolute atomic E-state index is 0.104. The topological polar surface area (TPSA) is 91.0 Å². The first kappa shape index (κ1) is 13.4. The molecule has 0 spiro atoms. The van der Waals surface area contributed by atoms with E-state index in [1.54, 1.807) is 23.2 Å². The summed E-state index contributed by atoms with van der Waals surface area (Å²) in [6.45, 7) is 2.67. The molecule has 1 amide bonds. The van der Waals surface area contributed by atoms with Crippen LogP contribution < -0.4 is 10.9 Å². The van der Waals surface area contributed by atoms with Crippen molar-refractivity contribution in [1.29, 1.82) is 0 Å². The first-order valence-corrected chi connectivity index (χ1v) is 6.77. The number of pyridine rings is 1. The fourth-order valence-corrected chi connectivity index (χ4v) is 2.25. The summed E-state index contributed by atoms with van der Waals surface area (Å²) in [7, 11) is 0. The summed E-state index contributed by atoms with van der Waals surface area (Å²) in [4.78, 5) is 30.2. The first-order valence-electron chi connectivity index (χ1n) is 6.77. The van der Waals surface area contributed by atoms with E-state index < -0.39 is 5.56 Å². The Labute approximate surface area is 121 Å². The van der Waals surface area contributed by atoms with Gasteiger partial charge in [-0.1, -0.05) is 6.07 Å². The Morgan fingerprint density at radius 2 is 2.00 bits per heavy atom. The van der Waals surface area contributed by atoms with E-state index in [-0.39, 0.29) is 11.5 Å². The number of aromatic amines is 1. The summed E-state index contributed by atoms with van der Waals surface area (Å²) < 4.78 is 0. The van der Waals surface area contributed by atoms with Crippen LogP contribution >= 0.6 is 0 Å². The number of nitrogens with zero attached hydrogens (tertiary/aromatic N) is 3. The maximum absolute atomic E-state index is 12.4. The maximum Gasteiger partial charge on any atom is 0.277 e. The third-order valence-corrected chi connectivity index (χ3v) is 3.37. The van der Waals surface area contributed by atoms with Crippen molar-refractivity contribution < 1.29 is 4.79 Å². The minimum Gasteiger partial charge on any atom is -0.336 e. The van der Waals surface area contributed by atoms with Crippen LogP contribution in [0.4, 0.5) is 0 Å². The molecule has 21 heavy (non-hydrogen) atoms. The molecule has 3 rings (SSSR count). The van der Waals surface area contributed by atoms with Gasteiger partial charge in [0, 0.05) is 32.4 Å². The monoisotopic (exact) mass is 285 g/mol. The number of amides is 1. The molecule has 1 fully saturated rings. The molecular weight excluding hydrogens is 270 g/mol. The lowest BCUT2D eigenvalue weighted by Crippen LogP contribution is -2.47. The van der Waals surface area contributed by atoms with E-state index in [1.165, 1.54) is 6.07 Å². The third kappa shape index (κ3) is 2.82. The Hall–Kier alpha value is -2.54. The van der Waals surface area contributed by atoms with Crippen LogP contribution in [0, 0.1) is 0 Å². The van der Waals surface area contributed by atoms with Gasteiger partial charge in [0.05, 0.1) is 5.69 Å². The molecule has 0 aromatic carbocycles. The van der Waals surface area contributed by atoms with Gasteiger partial charge in [-0.3, -0.25) is 14.6 Å². The lowest BCUT2D eigenvalue weighted by atomic mass is 10.2. The van der Waals surface area contributed by atoms with Gasteiger partial charge < -0.3 is 10.2 Å². The van der Waals surface area contributed by atoms with Crippen LogP contribution in [-0.4, -0.2) is 52.2 Å². The molecule has 1 saturated heterocycles.